The van der Waals surface area contributed by atoms with Crippen molar-refractivity contribution in [2.75, 3.05) is 7.11 Å². The van der Waals surface area contributed by atoms with Crippen LogP contribution < -0.4 is 9.47 Å². The van der Waals surface area contributed by atoms with Crippen LogP contribution in [0.3, 0.4) is 0 Å². The first-order valence-electron chi connectivity index (χ1n) is 8.98. The maximum Gasteiger partial charge on any atom is 0.335 e. The summed E-state index contributed by atoms with van der Waals surface area (Å²) in [4.78, 5) is 25.6. The zero-order valence-electron chi connectivity index (χ0n) is 16.3. The Bertz CT molecular complexity index is 1130. The lowest BCUT2D eigenvalue weighted by Gasteiger charge is -2.13. The molecule has 0 bridgehead atoms. The fourth-order valence-electron chi connectivity index (χ4n) is 2.66. The van der Waals surface area contributed by atoms with Crippen LogP contribution in [0.5, 0.6) is 11.5 Å². The molecule has 0 aliphatic rings. The fraction of sp³-hybridized carbons (Fsp3) is 0.0909. The largest absolute Gasteiger partial charge is 0.493 e. The summed E-state index contributed by atoms with van der Waals surface area (Å²) >= 11 is 2.14. The highest BCUT2D eigenvalue weighted by Gasteiger charge is 2.12. The van der Waals surface area contributed by atoms with Gasteiger partial charge >= 0.3 is 5.97 Å². The highest BCUT2D eigenvalue weighted by atomic mass is 127. The van der Waals surface area contributed by atoms with Crippen LogP contribution in [-0.4, -0.2) is 29.3 Å². The number of nitro benzene ring substituents is 1. The molecule has 0 aliphatic carbocycles. The van der Waals surface area contributed by atoms with Crippen molar-refractivity contribution >= 4 is 46.1 Å². The Morgan fingerprint density at radius 2 is 1.84 bits per heavy atom. The first-order chi connectivity index (χ1) is 14.9. The Labute approximate surface area is 191 Å². The van der Waals surface area contributed by atoms with Crippen molar-refractivity contribution in [3.8, 4) is 11.5 Å². The maximum absolute atomic E-state index is 11.0. The van der Waals surface area contributed by atoms with Crippen LogP contribution in [0.4, 0.5) is 11.4 Å². The molecule has 9 heteroatoms. The summed E-state index contributed by atoms with van der Waals surface area (Å²) in [5.74, 6) is 0.117. The number of halogens is 1. The van der Waals surface area contributed by atoms with Crippen LogP contribution in [0.1, 0.15) is 21.5 Å². The summed E-state index contributed by atoms with van der Waals surface area (Å²) in [5.41, 5.74) is 2.41. The number of carbonyl (C=O) groups is 1. The first-order valence-corrected chi connectivity index (χ1v) is 10.1. The molecule has 0 atom stereocenters. The van der Waals surface area contributed by atoms with E-state index in [0.717, 1.165) is 14.7 Å². The molecule has 0 aliphatic heterocycles. The van der Waals surface area contributed by atoms with Crippen molar-refractivity contribution in [3.05, 3.63) is 91.0 Å². The number of benzene rings is 3. The number of aromatic carboxylic acids is 1. The van der Waals surface area contributed by atoms with E-state index in [2.05, 4.69) is 27.6 Å². The Kier molecular flexibility index (Phi) is 7.19. The van der Waals surface area contributed by atoms with Crippen molar-refractivity contribution in [1.29, 1.82) is 0 Å². The molecule has 8 nitrogen and oxygen atoms in total. The second-order valence-electron chi connectivity index (χ2n) is 6.36. The molecule has 0 spiro atoms. The minimum atomic E-state index is -0.977. The lowest BCUT2D eigenvalue weighted by molar-refractivity contribution is -0.384. The second-order valence-corrected chi connectivity index (χ2v) is 7.52. The van der Waals surface area contributed by atoms with Gasteiger partial charge in [-0.2, -0.15) is 0 Å². The quantitative estimate of drug-likeness (QED) is 0.184. The standard InChI is InChI=1S/C22H17IN2O6/c1-30-20-11-15(12-24-17-6-8-18(9-7-17)25(28)29)10-19(23)21(20)31-13-14-2-4-16(5-3-14)22(26)27/h2-12H,13H2,1H3,(H,26,27). The molecular formula is C22H17IN2O6. The van der Waals surface area contributed by atoms with Crippen LogP contribution in [0, 0.1) is 13.7 Å². The molecule has 0 fully saturated rings. The summed E-state index contributed by atoms with van der Waals surface area (Å²) in [6, 6.07) is 16.1. The number of aliphatic imine (C=N–C) groups is 1. The molecule has 31 heavy (non-hydrogen) atoms. The number of nitrogens with zero attached hydrogens (tertiary/aromatic N) is 2. The maximum atomic E-state index is 11.0. The summed E-state index contributed by atoms with van der Waals surface area (Å²) < 4.78 is 12.2. The monoisotopic (exact) mass is 532 g/mol. The molecule has 0 unspecified atom stereocenters. The Morgan fingerprint density at radius 3 is 2.42 bits per heavy atom. The predicted octanol–water partition coefficient (Wildman–Crippen LogP) is 5.24. The van der Waals surface area contributed by atoms with E-state index in [9.17, 15) is 14.9 Å². The lowest BCUT2D eigenvalue weighted by atomic mass is 10.1. The van der Waals surface area contributed by atoms with Gasteiger partial charge in [-0.1, -0.05) is 12.1 Å². The highest BCUT2D eigenvalue weighted by molar-refractivity contribution is 14.1. The first kappa shape index (κ1) is 22.2. The van der Waals surface area contributed by atoms with Crippen LogP contribution >= 0.6 is 22.6 Å². The lowest BCUT2D eigenvalue weighted by Crippen LogP contribution is -2.02. The van der Waals surface area contributed by atoms with Crippen LogP contribution in [0.2, 0.25) is 0 Å². The van der Waals surface area contributed by atoms with E-state index >= 15 is 0 Å². The summed E-state index contributed by atoms with van der Waals surface area (Å²) in [6.07, 6.45) is 1.64. The van der Waals surface area contributed by atoms with Gasteiger partial charge in [-0.3, -0.25) is 15.1 Å². The number of non-ortho nitro benzene ring substituents is 1. The van der Waals surface area contributed by atoms with Crippen LogP contribution in [-0.2, 0) is 6.61 Å². The molecule has 0 amide bonds. The fourth-order valence-corrected chi connectivity index (χ4v) is 3.44. The molecule has 158 valence electrons. The normalized spacial score (nSPS) is 10.8. The number of carboxylic acid groups (broad SMARTS) is 1. The number of hydrogen-bond acceptors (Lipinski definition) is 6. The van der Waals surface area contributed by atoms with E-state index in [4.69, 9.17) is 14.6 Å². The molecule has 0 aromatic heterocycles. The number of rotatable bonds is 8. The Morgan fingerprint density at radius 1 is 1.16 bits per heavy atom. The molecule has 0 heterocycles. The van der Waals surface area contributed by atoms with Crippen molar-refractivity contribution in [2.24, 2.45) is 4.99 Å². The van der Waals surface area contributed by atoms with E-state index in [0.29, 0.717) is 17.2 Å². The average Bonchev–Trinajstić information content (AvgIpc) is 2.77. The van der Waals surface area contributed by atoms with Gasteiger partial charge in [-0.25, -0.2) is 4.79 Å². The number of hydrogen-bond donors (Lipinski definition) is 1. The van der Waals surface area contributed by atoms with E-state index < -0.39 is 10.9 Å². The van der Waals surface area contributed by atoms with Gasteiger partial charge in [0.05, 0.1) is 26.9 Å². The average molecular weight is 532 g/mol. The summed E-state index contributed by atoms with van der Waals surface area (Å²) in [7, 11) is 1.54. The van der Waals surface area contributed by atoms with E-state index in [1.54, 1.807) is 36.5 Å². The third kappa shape index (κ3) is 5.79. The van der Waals surface area contributed by atoms with Crippen molar-refractivity contribution < 1.29 is 24.3 Å². The van der Waals surface area contributed by atoms with E-state index in [1.165, 1.54) is 31.4 Å². The van der Waals surface area contributed by atoms with Gasteiger partial charge in [-0.05, 0) is 70.1 Å². The van der Waals surface area contributed by atoms with Gasteiger partial charge in [0.2, 0.25) is 0 Å². The summed E-state index contributed by atoms with van der Waals surface area (Å²) in [6.45, 7) is 0.252. The topological polar surface area (TPSA) is 111 Å². The number of nitro groups is 1. The Balaban J connectivity index is 1.74. The second kappa shape index (κ2) is 10.0. The van der Waals surface area contributed by atoms with Crippen LogP contribution in [0.25, 0.3) is 0 Å². The number of carboxylic acids is 1. The minimum absolute atomic E-state index is 0.00858. The van der Waals surface area contributed by atoms with E-state index in [1.807, 2.05) is 6.07 Å². The molecular weight excluding hydrogens is 515 g/mol. The smallest absolute Gasteiger partial charge is 0.335 e. The molecule has 1 N–H and O–H groups in total. The minimum Gasteiger partial charge on any atom is -0.493 e. The van der Waals surface area contributed by atoms with Crippen molar-refractivity contribution in [2.45, 2.75) is 6.61 Å². The van der Waals surface area contributed by atoms with Crippen molar-refractivity contribution in [1.82, 2.24) is 0 Å². The number of ether oxygens (including phenoxy) is 2. The highest BCUT2D eigenvalue weighted by Crippen LogP contribution is 2.34. The molecule has 3 aromatic rings. The zero-order valence-corrected chi connectivity index (χ0v) is 18.5. The molecule has 3 rings (SSSR count). The third-order valence-corrected chi connectivity index (χ3v) is 5.06. The zero-order chi connectivity index (χ0) is 22.4. The molecule has 0 radical (unpaired) electrons. The third-order valence-electron chi connectivity index (χ3n) is 4.26. The molecule has 0 saturated heterocycles. The van der Waals surface area contributed by atoms with Gasteiger partial charge < -0.3 is 14.6 Å². The van der Waals surface area contributed by atoms with Gasteiger partial charge in [-0.15, -0.1) is 0 Å². The van der Waals surface area contributed by atoms with Gasteiger partial charge in [0.15, 0.2) is 11.5 Å². The molecule has 0 saturated carbocycles. The summed E-state index contributed by atoms with van der Waals surface area (Å²) in [5, 5.41) is 19.7. The van der Waals surface area contributed by atoms with Crippen LogP contribution in [0.15, 0.2) is 65.7 Å². The predicted molar refractivity (Wildman–Crippen MR) is 124 cm³/mol. The molecule has 3 aromatic carbocycles. The van der Waals surface area contributed by atoms with E-state index in [-0.39, 0.29) is 17.9 Å². The van der Waals surface area contributed by atoms with Crippen molar-refractivity contribution in [3.63, 3.8) is 0 Å². The number of methoxy groups -OCH3 is 1. The van der Waals surface area contributed by atoms with Gasteiger partial charge in [0, 0.05) is 18.3 Å². The SMILES string of the molecule is COc1cc(C=Nc2ccc([N+](=O)[O-])cc2)cc(I)c1OCc1ccc(C(=O)O)cc1. The van der Waals surface area contributed by atoms with Gasteiger partial charge in [0.25, 0.3) is 5.69 Å². The van der Waals surface area contributed by atoms with Gasteiger partial charge in [0.1, 0.15) is 6.61 Å². The Hall–Kier alpha value is -3.47.